The van der Waals surface area contributed by atoms with Crippen LogP contribution >= 0.6 is 0 Å². The number of hydrogen-bond acceptors (Lipinski definition) is 17. The Bertz CT molecular complexity index is 1670. The molecule has 0 amide bonds. The van der Waals surface area contributed by atoms with E-state index >= 15 is 0 Å². The molecule has 0 bridgehead atoms. The second kappa shape index (κ2) is 15.7. The fourth-order valence-electron chi connectivity index (χ4n) is 4.22. The van der Waals surface area contributed by atoms with Crippen LogP contribution in [0.2, 0.25) is 0 Å². The highest BCUT2D eigenvalue weighted by atomic mass is 32.3. The van der Waals surface area contributed by atoms with Gasteiger partial charge in [-0.1, -0.05) is 10.2 Å². The molecule has 33 heteroatoms. The van der Waals surface area contributed by atoms with E-state index in [0.717, 1.165) is 0 Å². The first-order chi connectivity index (χ1) is 23.2. The molecule has 0 spiro atoms. The van der Waals surface area contributed by atoms with Crippen molar-refractivity contribution in [2.45, 2.75) is 105 Å². The Morgan fingerprint density at radius 2 is 1.00 bits per heavy atom. The van der Waals surface area contributed by atoms with Gasteiger partial charge in [0.1, 0.15) is 12.2 Å². The third kappa shape index (κ3) is 11.0. The van der Waals surface area contributed by atoms with Crippen LogP contribution in [0.25, 0.3) is 20.9 Å². The highest BCUT2D eigenvalue weighted by Gasteiger charge is 2.58. The number of aliphatic hydroxyl groups excluding tert-OH is 1. The van der Waals surface area contributed by atoms with E-state index in [1.165, 1.54) is 0 Å². The normalized spacial score (nSPS) is 31.1. The van der Waals surface area contributed by atoms with Gasteiger partial charge in [-0.2, -0.15) is 64.8 Å². The third-order valence-corrected chi connectivity index (χ3v) is 9.78. The third-order valence-electron chi connectivity index (χ3n) is 6.20. The van der Waals surface area contributed by atoms with Gasteiger partial charge in [-0.25, -0.2) is 0 Å². The molecule has 8 atom stereocenters. The van der Waals surface area contributed by atoms with Crippen LogP contribution in [0, 0.1) is 0 Å². The Morgan fingerprint density at radius 1 is 0.654 bits per heavy atom. The summed E-state index contributed by atoms with van der Waals surface area (Å²) in [4.78, 5) is 5.27. The van der Waals surface area contributed by atoms with Crippen molar-refractivity contribution in [2.75, 3.05) is 13.2 Å². The number of hydrogen-bond donors (Lipinski definition) is 1. The maximum Gasteiger partial charge on any atom is 0.524 e. The zero-order chi connectivity index (χ0) is 40.5. The summed E-state index contributed by atoms with van der Waals surface area (Å²) in [5.74, 6) is -1.76. The van der Waals surface area contributed by atoms with Gasteiger partial charge in [0.15, 0.2) is 24.2 Å². The molecular weight excluding hydrogens is 819 g/mol. The fourth-order valence-corrected chi connectivity index (χ4v) is 6.23. The number of alkyl halides is 9. The van der Waals surface area contributed by atoms with E-state index < -0.39 is 114 Å². The second-order valence-electron chi connectivity index (χ2n) is 10.9. The largest absolute Gasteiger partial charge is 0.524 e. The molecule has 0 aliphatic carbocycles. The van der Waals surface area contributed by atoms with E-state index in [1.807, 2.05) is 3.63 Å². The standard InChI is InChI=1S/C9H12F3N3O6S.C8H13N3O4.C2F6O5S2/c1-8(2)20-6-5(14-15-13)4(19-7(6)21-8)3-18-22(16,17)9(10,11)12;1-8(2)14-6-5(10-11-9)4(3-12)13-7(6)15-8;3-1(4,5)14(9,10)13-15(11,12)2(6,7)8/h4-7H,3H2,1-2H3;4-7,12H,3H2,1-2H3;. The van der Waals surface area contributed by atoms with Crippen molar-refractivity contribution in [1.82, 2.24) is 0 Å². The lowest BCUT2D eigenvalue weighted by molar-refractivity contribution is -0.209. The molecule has 1 N–H and O–H groups in total. The van der Waals surface area contributed by atoms with E-state index in [4.69, 9.17) is 44.6 Å². The highest BCUT2D eigenvalue weighted by Crippen LogP contribution is 2.40. The lowest BCUT2D eigenvalue weighted by Gasteiger charge is -2.23. The van der Waals surface area contributed by atoms with Gasteiger partial charge < -0.3 is 33.5 Å². The van der Waals surface area contributed by atoms with Gasteiger partial charge >= 0.3 is 46.9 Å². The first kappa shape index (κ1) is 45.6. The van der Waals surface area contributed by atoms with Crippen LogP contribution in [-0.4, -0.2) is 121 Å². The van der Waals surface area contributed by atoms with Gasteiger partial charge in [0, 0.05) is 9.82 Å². The van der Waals surface area contributed by atoms with Crippen molar-refractivity contribution < 1.29 is 106 Å². The number of rotatable bonds is 8. The Hall–Kier alpha value is -2.52. The van der Waals surface area contributed by atoms with Crippen LogP contribution in [0.1, 0.15) is 27.7 Å². The molecule has 0 saturated carbocycles. The summed E-state index contributed by atoms with van der Waals surface area (Å²) in [6.07, 6.45) is -4.66. The zero-order valence-corrected chi connectivity index (χ0v) is 28.5. The van der Waals surface area contributed by atoms with Crippen molar-refractivity contribution in [3.8, 4) is 0 Å². The average molecular weight is 845 g/mol. The average Bonchev–Trinajstić information content (AvgIpc) is 3.62. The van der Waals surface area contributed by atoms with Gasteiger partial charge in [-0.15, -0.1) is 3.63 Å². The van der Waals surface area contributed by atoms with Crippen LogP contribution in [0.15, 0.2) is 10.2 Å². The molecule has 8 unspecified atom stereocenters. The Balaban J connectivity index is 0.000000279. The molecule has 4 rings (SSSR count). The Labute approximate surface area is 285 Å². The molecule has 52 heavy (non-hydrogen) atoms. The smallest absolute Gasteiger partial charge is 0.394 e. The maximum atomic E-state index is 12.2. The van der Waals surface area contributed by atoms with Crippen molar-refractivity contribution in [2.24, 2.45) is 10.2 Å². The maximum absolute atomic E-state index is 12.2. The monoisotopic (exact) mass is 844 g/mol. The second-order valence-corrected chi connectivity index (χ2v) is 15.8. The van der Waals surface area contributed by atoms with Gasteiger partial charge in [0.2, 0.25) is 0 Å². The lowest BCUT2D eigenvalue weighted by atomic mass is 10.1. The van der Waals surface area contributed by atoms with E-state index in [-0.39, 0.29) is 6.61 Å². The molecule has 4 saturated heterocycles. The lowest BCUT2D eigenvalue weighted by Crippen LogP contribution is -2.37. The summed E-state index contributed by atoms with van der Waals surface area (Å²) in [6, 6.07) is -1.62. The summed E-state index contributed by atoms with van der Waals surface area (Å²) in [5, 5.41) is 16.0. The molecule has 0 aromatic rings. The van der Waals surface area contributed by atoms with Crippen LogP contribution in [-0.2, 0) is 66.6 Å². The summed E-state index contributed by atoms with van der Waals surface area (Å²) in [6.45, 7) is 5.46. The highest BCUT2D eigenvalue weighted by molar-refractivity contribution is 8.00. The molecule has 302 valence electrons. The minimum atomic E-state index is -6.85. The van der Waals surface area contributed by atoms with Crippen molar-refractivity contribution in [3.63, 3.8) is 0 Å². The molecule has 4 aliphatic heterocycles. The van der Waals surface area contributed by atoms with Crippen molar-refractivity contribution in [3.05, 3.63) is 20.9 Å². The predicted molar refractivity (Wildman–Crippen MR) is 142 cm³/mol. The Morgan fingerprint density at radius 3 is 1.33 bits per heavy atom. The van der Waals surface area contributed by atoms with E-state index in [1.54, 1.807) is 27.7 Å². The van der Waals surface area contributed by atoms with Crippen LogP contribution in [0.4, 0.5) is 39.5 Å². The number of halogens is 9. The van der Waals surface area contributed by atoms with Crippen molar-refractivity contribution in [1.29, 1.82) is 0 Å². The first-order valence-electron chi connectivity index (χ1n) is 13.3. The van der Waals surface area contributed by atoms with Crippen molar-refractivity contribution >= 4 is 30.4 Å². The molecule has 0 radical (unpaired) electrons. The molecule has 4 fully saturated rings. The quantitative estimate of drug-likeness (QED) is 0.0917. The molecule has 4 heterocycles. The number of aliphatic hydroxyl groups is 1. The topological polar surface area (TPSA) is 294 Å². The molecular formula is C19H25F9N6O15S3. The summed E-state index contributed by atoms with van der Waals surface area (Å²) in [7, 11) is -19.5. The molecule has 0 aromatic carbocycles. The zero-order valence-electron chi connectivity index (χ0n) is 26.0. The minimum Gasteiger partial charge on any atom is -0.394 e. The molecule has 21 nitrogen and oxygen atoms in total. The van der Waals surface area contributed by atoms with Crippen LogP contribution in [0.3, 0.4) is 0 Å². The number of ether oxygens (including phenoxy) is 6. The Kier molecular flexibility index (Phi) is 13.8. The predicted octanol–water partition coefficient (Wildman–Crippen LogP) is 2.64. The van der Waals surface area contributed by atoms with Crippen LogP contribution in [0.5, 0.6) is 0 Å². The summed E-state index contributed by atoms with van der Waals surface area (Å²) < 4.78 is 205. The van der Waals surface area contributed by atoms with E-state index in [2.05, 4.69) is 24.2 Å². The van der Waals surface area contributed by atoms with Gasteiger partial charge in [0.05, 0.1) is 37.5 Å². The molecule has 4 aliphatic rings. The van der Waals surface area contributed by atoms with Gasteiger partial charge in [0.25, 0.3) is 0 Å². The van der Waals surface area contributed by atoms with Gasteiger partial charge in [-0.05, 0) is 38.8 Å². The van der Waals surface area contributed by atoms with Crippen LogP contribution < -0.4 is 0 Å². The SMILES string of the molecule is CC1(C)OC2OC(CO)C(N=[N+]=[N-])C2O1.CC1(C)OC2OC(COS(=O)(=O)C(F)(F)F)C(N=[N+]=[N-])C2O1.O=S(=O)(OS(=O)(=O)C(F)(F)F)C(F)(F)F. The molecule has 0 aromatic heterocycles. The summed E-state index contributed by atoms with van der Waals surface area (Å²) >= 11 is 0. The number of nitrogens with zero attached hydrogens (tertiary/aromatic N) is 6. The van der Waals surface area contributed by atoms with Gasteiger partial charge in [-0.3, -0.25) is 4.18 Å². The minimum absolute atomic E-state index is 0.218. The first-order valence-corrected chi connectivity index (χ1v) is 17.5. The fraction of sp³-hybridized carbons (Fsp3) is 1.00. The van der Waals surface area contributed by atoms with E-state index in [9.17, 15) is 64.8 Å². The van der Waals surface area contributed by atoms with E-state index in [0.29, 0.717) is 0 Å². The number of fused-ring (bicyclic) bond motifs is 2. The number of azide groups is 2. The summed E-state index contributed by atoms with van der Waals surface area (Å²) in [5.41, 5.74) is -1.13.